The third kappa shape index (κ3) is 3.13. The third-order valence-corrected chi connectivity index (χ3v) is 3.18. The zero-order valence-corrected chi connectivity index (χ0v) is 11.2. The molecule has 1 aromatic carbocycles. The summed E-state index contributed by atoms with van der Waals surface area (Å²) < 4.78 is 13.3. The summed E-state index contributed by atoms with van der Waals surface area (Å²) >= 11 is 5.65. The lowest BCUT2D eigenvalue weighted by atomic mass is 10.1. The zero-order chi connectivity index (χ0) is 13.3. The summed E-state index contributed by atoms with van der Waals surface area (Å²) in [4.78, 5) is 4.37. The van der Waals surface area contributed by atoms with E-state index in [1.54, 1.807) is 6.07 Å². The van der Waals surface area contributed by atoms with Gasteiger partial charge in [-0.25, -0.2) is 9.38 Å². The van der Waals surface area contributed by atoms with Crippen molar-refractivity contribution in [2.24, 2.45) is 10.7 Å². The molecule has 18 heavy (non-hydrogen) atoms. The molecule has 0 saturated heterocycles. The molecule has 0 spiro atoms. The molecular weight excluding hydrogens is 253 g/mol. The van der Waals surface area contributed by atoms with Gasteiger partial charge in [-0.15, -0.1) is 0 Å². The SMILES string of the molecule is CC(C)NC(N)=N[C@@H]1C[C@H]1c1ccc(Cl)c(F)c1. The maximum Gasteiger partial charge on any atom is 0.189 e. The topological polar surface area (TPSA) is 50.4 Å². The second-order valence-electron chi connectivity index (χ2n) is 4.90. The standard InChI is InChI=1S/C13H17ClFN3/c1-7(2)17-13(16)18-12-6-9(12)8-3-4-10(14)11(15)5-8/h3-5,7,9,12H,6H2,1-2H3,(H3,16,17,18)/t9-,12+/m0/s1. The van der Waals surface area contributed by atoms with E-state index < -0.39 is 0 Å². The molecule has 0 aliphatic heterocycles. The molecular formula is C13H17ClFN3. The molecule has 1 aliphatic carbocycles. The van der Waals surface area contributed by atoms with Crippen molar-refractivity contribution >= 4 is 17.6 Å². The van der Waals surface area contributed by atoms with Crippen molar-refractivity contribution in [1.29, 1.82) is 0 Å². The maximum atomic E-state index is 13.3. The van der Waals surface area contributed by atoms with Gasteiger partial charge in [0.1, 0.15) is 5.82 Å². The fourth-order valence-electron chi connectivity index (χ4n) is 1.94. The summed E-state index contributed by atoms with van der Waals surface area (Å²) in [6.07, 6.45) is 0.904. The fraction of sp³-hybridized carbons (Fsp3) is 0.462. The van der Waals surface area contributed by atoms with Crippen molar-refractivity contribution in [2.45, 2.75) is 38.3 Å². The van der Waals surface area contributed by atoms with Gasteiger partial charge >= 0.3 is 0 Å². The Balaban J connectivity index is 2.00. The van der Waals surface area contributed by atoms with E-state index in [9.17, 15) is 4.39 Å². The van der Waals surface area contributed by atoms with Crippen LogP contribution in [0.2, 0.25) is 5.02 Å². The number of halogens is 2. The number of aliphatic imine (C=N–C) groups is 1. The third-order valence-electron chi connectivity index (χ3n) is 2.87. The van der Waals surface area contributed by atoms with E-state index in [0.29, 0.717) is 5.96 Å². The molecule has 3 nitrogen and oxygen atoms in total. The summed E-state index contributed by atoms with van der Waals surface area (Å²) in [7, 11) is 0. The lowest BCUT2D eigenvalue weighted by Gasteiger charge is -2.08. The number of guanidine groups is 1. The monoisotopic (exact) mass is 269 g/mol. The van der Waals surface area contributed by atoms with E-state index in [-0.39, 0.29) is 28.8 Å². The van der Waals surface area contributed by atoms with Gasteiger partial charge in [0.2, 0.25) is 0 Å². The first-order valence-electron chi connectivity index (χ1n) is 6.02. The number of hydrogen-bond acceptors (Lipinski definition) is 1. The highest BCUT2D eigenvalue weighted by atomic mass is 35.5. The van der Waals surface area contributed by atoms with Crippen LogP contribution in [-0.2, 0) is 0 Å². The summed E-state index contributed by atoms with van der Waals surface area (Å²) in [5, 5.41) is 3.19. The molecule has 0 bridgehead atoms. The summed E-state index contributed by atoms with van der Waals surface area (Å²) in [6.45, 7) is 4.00. The second-order valence-corrected chi connectivity index (χ2v) is 5.30. The predicted molar refractivity (Wildman–Crippen MR) is 72.5 cm³/mol. The highest BCUT2D eigenvalue weighted by molar-refractivity contribution is 6.30. The fourth-order valence-corrected chi connectivity index (χ4v) is 2.05. The van der Waals surface area contributed by atoms with E-state index in [1.807, 2.05) is 19.9 Å². The van der Waals surface area contributed by atoms with Gasteiger partial charge in [-0.1, -0.05) is 17.7 Å². The minimum atomic E-state index is -0.378. The number of rotatable bonds is 3. The summed E-state index contributed by atoms with van der Waals surface area (Å²) in [5.74, 6) is 0.327. The Kier molecular flexibility index (Phi) is 3.76. The predicted octanol–water partition coefficient (Wildman–Crippen LogP) is 2.65. The molecule has 1 fully saturated rings. The van der Waals surface area contributed by atoms with Gasteiger partial charge in [0.05, 0.1) is 11.1 Å². The maximum absolute atomic E-state index is 13.3. The van der Waals surface area contributed by atoms with Gasteiger partial charge in [-0.3, -0.25) is 0 Å². The van der Waals surface area contributed by atoms with Crippen LogP contribution in [0, 0.1) is 5.82 Å². The molecule has 0 unspecified atom stereocenters. The average Bonchev–Trinajstić information content (AvgIpc) is 3.00. The van der Waals surface area contributed by atoms with E-state index in [4.69, 9.17) is 17.3 Å². The highest BCUT2D eigenvalue weighted by Crippen LogP contribution is 2.44. The molecule has 5 heteroatoms. The molecule has 0 aromatic heterocycles. The minimum Gasteiger partial charge on any atom is -0.370 e. The van der Waals surface area contributed by atoms with Gasteiger partial charge in [-0.05, 0) is 38.0 Å². The summed E-state index contributed by atoms with van der Waals surface area (Å²) in [5.41, 5.74) is 6.69. The molecule has 2 rings (SSSR count). The normalized spacial score (nSPS) is 23.3. The lowest BCUT2D eigenvalue weighted by Crippen LogP contribution is -2.37. The Bertz CT molecular complexity index is 473. The number of benzene rings is 1. The van der Waals surface area contributed by atoms with Crippen LogP contribution in [0.5, 0.6) is 0 Å². The molecule has 2 atom stereocenters. The van der Waals surface area contributed by atoms with Crippen molar-refractivity contribution in [3.05, 3.63) is 34.6 Å². The first kappa shape index (κ1) is 13.1. The van der Waals surface area contributed by atoms with Crippen molar-refractivity contribution in [3.63, 3.8) is 0 Å². The Morgan fingerprint density at radius 3 is 2.89 bits per heavy atom. The van der Waals surface area contributed by atoms with Crippen LogP contribution >= 0.6 is 11.6 Å². The summed E-state index contributed by atoms with van der Waals surface area (Å²) in [6, 6.07) is 5.32. The second kappa shape index (κ2) is 5.14. The van der Waals surface area contributed by atoms with E-state index in [0.717, 1.165) is 12.0 Å². The minimum absolute atomic E-state index is 0.150. The Hall–Kier alpha value is -1.29. The molecule has 1 aromatic rings. The van der Waals surface area contributed by atoms with Gasteiger partial charge in [-0.2, -0.15) is 0 Å². The first-order valence-corrected chi connectivity index (χ1v) is 6.40. The number of nitrogens with one attached hydrogen (secondary N) is 1. The van der Waals surface area contributed by atoms with Crippen LogP contribution < -0.4 is 11.1 Å². The molecule has 0 heterocycles. The van der Waals surface area contributed by atoms with Gasteiger partial charge in [0, 0.05) is 12.0 Å². The molecule has 0 amide bonds. The van der Waals surface area contributed by atoms with Gasteiger partial charge < -0.3 is 11.1 Å². The zero-order valence-electron chi connectivity index (χ0n) is 10.5. The Morgan fingerprint density at radius 2 is 2.28 bits per heavy atom. The smallest absolute Gasteiger partial charge is 0.189 e. The molecule has 1 aliphatic rings. The van der Waals surface area contributed by atoms with Gasteiger partial charge in [0.15, 0.2) is 5.96 Å². The van der Waals surface area contributed by atoms with Crippen molar-refractivity contribution < 1.29 is 4.39 Å². The van der Waals surface area contributed by atoms with E-state index in [2.05, 4.69) is 10.3 Å². The van der Waals surface area contributed by atoms with Crippen LogP contribution in [0.15, 0.2) is 23.2 Å². The quantitative estimate of drug-likeness (QED) is 0.655. The van der Waals surface area contributed by atoms with Crippen LogP contribution in [-0.4, -0.2) is 18.0 Å². The number of hydrogen-bond donors (Lipinski definition) is 2. The lowest BCUT2D eigenvalue weighted by molar-refractivity contribution is 0.625. The van der Waals surface area contributed by atoms with Crippen LogP contribution in [0.1, 0.15) is 31.7 Å². The first-order chi connectivity index (χ1) is 8.47. The Labute approximate surface area is 111 Å². The van der Waals surface area contributed by atoms with Crippen molar-refractivity contribution in [3.8, 4) is 0 Å². The number of nitrogens with two attached hydrogens (primary N) is 1. The van der Waals surface area contributed by atoms with Crippen molar-refractivity contribution in [2.75, 3.05) is 0 Å². The largest absolute Gasteiger partial charge is 0.370 e. The van der Waals surface area contributed by atoms with Crippen LogP contribution in [0.25, 0.3) is 0 Å². The molecule has 3 N–H and O–H groups in total. The molecule has 1 saturated carbocycles. The van der Waals surface area contributed by atoms with Crippen molar-refractivity contribution in [1.82, 2.24) is 5.32 Å². The van der Waals surface area contributed by atoms with Crippen LogP contribution in [0.4, 0.5) is 4.39 Å². The Morgan fingerprint density at radius 1 is 1.56 bits per heavy atom. The van der Waals surface area contributed by atoms with E-state index in [1.165, 1.54) is 6.07 Å². The average molecular weight is 270 g/mol. The molecule has 0 radical (unpaired) electrons. The molecule has 98 valence electrons. The van der Waals surface area contributed by atoms with E-state index >= 15 is 0 Å². The van der Waals surface area contributed by atoms with Gasteiger partial charge in [0.25, 0.3) is 0 Å². The highest BCUT2D eigenvalue weighted by Gasteiger charge is 2.38. The number of nitrogens with zero attached hydrogens (tertiary/aromatic N) is 1. The van der Waals surface area contributed by atoms with Crippen LogP contribution in [0.3, 0.4) is 0 Å².